The van der Waals surface area contributed by atoms with Crippen LogP contribution in [-0.4, -0.2) is 34.4 Å². The molecule has 0 aliphatic carbocycles. The molecule has 0 amide bonds. The molecule has 0 radical (unpaired) electrons. The molecule has 4 rings (SSSR count). The van der Waals surface area contributed by atoms with E-state index in [1.807, 2.05) is 25.1 Å². The van der Waals surface area contributed by atoms with E-state index < -0.39 is 6.10 Å². The van der Waals surface area contributed by atoms with Crippen LogP contribution >= 0.6 is 11.3 Å². The van der Waals surface area contributed by atoms with E-state index in [2.05, 4.69) is 44.3 Å². The van der Waals surface area contributed by atoms with Gasteiger partial charge in [0.1, 0.15) is 7.11 Å². The molecule has 7 nitrogen and oxygen atoms in total. The highest BCUT2D eigenvalue weighted by atomic mass is 32.1. The number of carbonyl (C=O) groups excluding carboxylic acids is 1. The van der Waals surface area contributed by atoms with Crippen molar-refractivity contribution < 1.29 is 14.4 Å². The van der Waals surface area contributed by atoms with E-state index >= 15 is 0 Å². The van der Waals surface area contributed by atoms with E-state index in [-0.39, 0.29) is 0 Å². The molecule has 0 aliphatic rings. The van der Waals surface area contributed by atoms with Gasteiger partial charge in [0.15, 0.2) is 18.2 Å². The smallest absolute Gasteiger partial charge is 0.213 e. The number of fused-ring (bicyclic) bond motifs is 2. The minimum atomic E-state index is -0.776. The second-order valence-corrected chi connectivity index (χ2v) is 6.84. The molecule has 2 aromatic heterocycles. The van der Waals surface area contributed by atoms with Gasteiger partial charge >= 0.3 is 0 Å². The number of hydrogen-bond acceptors (Lipinski definition) is 7. The largest absolute Gasteiger partial charge is 0.464 e. The fraction of sp³-hybridized carbons (Fsp3) is 0.158. The number of carbonyl (C=O) groups is 1. The fourth-order valence-corrected chi connectivity index (χ4v) is 3.92. The summed E-state index contributed by atoms with van der Waals surface area (Å²) >= 11 is 1.36. The maximum absolute atomic E-state index is 11.4. The maximum atomic E-state index is 11.4. The van der Waals surface area contributed by atoms with Gasteiger partial charge in [-0.15, -0.1) is 5.10 Å². The summed E-state index contributed by atoms with van der Waals surface area (Å²) in [5.41, 5.74) is 1.75. The van der Waals surface area contributed by atoms with Crippen LogP contribution in [0.3, 0.4) is 0 Å². The molecule has 0 saturated heterocycles. The van der Waals surface area contributed by atoms with E-state index in [1.165, 1.54) is 23.8 Å². The van der Waals surface area contributed by atoms with Crippen LogP contribution in [-0.2, 0) is 14.4 Å². The molecule has 1 unspecified atom stereocenters. The standard InChI is InChI=1S/C19H16N4O3S/c1-12-17(16(10-24)26-11-20-25-2)27-19-21-18(22-23(12)19)15-8-7-13-5-3-4-6-14(13)9-15/h3-11,16H,1-2H3/b20-11+. The number of ether oxygens (including phenoxy) is 1. The number of aryl methyl sites for hydroxylation is 1. The molecule has 27 heavy (non-hydrogen) atoms. The van der Waals surface area contributed by atoms with E-state index in [0.717, 1.165) is 27.9 Å². The minimum Gasteiger partial charge on any atom is -0.464 e. The third-order valence-corrected chi connectivity index (χ3v) is 5.39. The van der Waals surface area contributed by atoms with Gasteiger partial charge in [0.05, 0.1) is 10.6 Å². The Morgan fingerprint density at radius 3 is 2.78 bits per heavy atom. The molecule has 0 bridgehead atoms. The first-order chi connectivity index (χ1) is 13.2. The lowest BCUT2D eigenvalue weighted by molar-refractivity contribution is -0.114. The van der Waals surface area contributed by atoms with E-state index in [1.54, 1.807) is 4.52 Å². The first-order valence-electron chi connectivity index (χ1n) is 8.22. The molecular formula is C19H16N4O3S. The third kappa shape index (κ3) is 3.15. The van der Waals surface area contributed by atoms with Crippen LogP contribution in [0.25, 0.3) is 27.1 Å². The number of nitrogens with zero attached hydrogens (tertiary/aromatic N) is 4. The second-order valence-electron chi connectivity index (χ2n) is 5.83. The zero-order valence-electron chi connectivity index (χ0n) is 14.7. The van der Waals surface area contributed by atoms with Crippen molar-refractivity contribution in [2.45, 2.75) is 13.0 Å². The van der Waals surface area contributed by atoms with Crippen LogP contribution in [0.2, 0.25) is 0 Å². The zero-order valence-corrected chi connectivity index (χ0v) is 15.5. The van der Waals surface area contributed by atoms with E-state index in [9.17, 15) is 4.79 Å². The number of aromatic nitrogens is 3. The monoisotopic (exact) mass is 380 g/mol. The van der Waals surface area contributed by atoms with Crippen molar-refractivity contribution in [3.8, 4) is 11.4 Å². The summed E-state index contributed by atoms with van der Waals surface area (Å²) in [7, 11) is 1.40. The van der Waals surface area contributed by atoms with Crippen molar-refractivity contribution in [1.29, 1.82) is 0 Å². The van der Waals surface area contributed by atoms with Crippen LogP contribution < -0.4 is 0 Å². The predicted octanol–water partition coefficient (Wildman–Crippen LogP) is 3.77. The maximum Gasteiger partial charge on any atom is 0.213 e. The highest BCUT2D eigenvalue weighted by molar-refractivity contribution is 7.17. The quantitative estimate of drug-likeness (QED) is 0.220. The Hall–Kier alpha value is -3.26. The Bertz CT molecular complexity index is 1150. The molecule has 0 aliphatic heterocycles. The van der Waals surface area contributed by atoms with Crippen molar-refractivity contribution in [1.82, 2.24) is 14.6 Å². The molecule has 2 aromatic carbocycles. The first kappa shape index (κ1) is 17.2. The fourth-order valence-electron chi connectivity index (χ4n) is 2.86. The first-order valence-corrected chi connectivity index (χ1v) is 9.04. The van der Waals surface area contributed by atoms with Gasteiger partial charge in [-0.2, -0.15) is 4.98 Å². The Labute approximate surface area is 158 Å². The summed E-state index contributed by atoms with van der Waals surface area (Å²) in [6.07, 6.45) is 1.04. The Balaban J connectivity index is 1.70. The molecular weight excluding hydrogens is 364 g/mol. The molecule has 0 spiro atoms. The van der Waals surface area contributed by atoms with Gasteiger partial charge < -0.3 is 9.57 Å². The average molecular weight is 380 g/mol. The summed E-state index contributed by atoms with van der Waals surface area (Å²) < 4.78 is 7.05. The van der Waals surface area contributed by atoms with E-state index in [0.29, 0.717) is 17.1 Å². The van der Waals surface area contributed by atoms with Crippen LogP contribution in [0.5, 0.6) is 0 Å². The summed E-state index contributed by atoms with van der Waals surface area (Å²) in [5.74, 6) is 0.645. The van der Waals surface area contributed by atoms with Crippen LogP contribution in [0.15, 0.2) is 47.6 Å². The van der Waals surface area contributed by atoms with Crippen LogP contribution in [0.1, 0.15) is 16.7 Å². The van der Waals surface area contributed by atoms with Gasteiger partial charge in [0, 0.05) is 5.56 Å². The topological polar surface area (TPSA) is 78.1 Å². The van der Waals surface area contributed by atoms with Gasteiger partial charge in [0.25, 0.3) is 0 Å². The van der Waals surface area contributed by atoms with Gasteiger partial charge in [-0.05, 0) is 23.8 Å². The Morgan fingerprint density at radius 2 is 2.04 bits per heavy atom. The molecule has 0 fully saturated rings. The van der Waals surface area contributed by atoms with Crippen molar-refractivity contribution in [2.75, 3.05) is 7.11 Å². The van der Waals surface area contributed by atoms with Crippen molar-refractivity contribution in [3.05, 3.63) is 53.0 Å². The normalized spacial score (nSPS) is 12.7. The number of aldehydes is 1. The summed E-state index contributed by atoms with van der Waals surface area (Å²) in [4.78, 5) is 22.0. The Morgan fingerprint density at radius 1 is 1.22 bits per heavy atom. The average Bonchev–Trinajstić information content (AvgIpc) is 3.25. The van der Waals surface area contributed by atoms with Crippen LogP contribution in [0, 0.1) is 6.92 Å². The minimum absolute atomic E-state index is 0.645. The molecule has 0 saturated carbocycles. The van der Waals surface area contributed by atoms with Gasteiger partial charge in [-0.25, -0.2) is 4.52 Å². The molecule has 4 aromatic rings. The molecule has 1 atom stereocenters. The Kier molecular flexibility index (Phi) is 4.55. The van der Waals surface area contributed by atoms with Gasteiger partial charge in [-0.3, -0.25) is 4.79 Å². The summed E-state index contributed by atoms with van der Waals surface area (Å²) in [5, 5.41) is 10.4. The van der Waals surface area contributed by atoms with Crippen molar-refractivity contribution in [2.24, 2.45) is 5.16 Å². The van der Waals surface area contributed by atoms with Gasteiger partial charge in [-0.1, -0.05) is 52.9 Å². The van der Waals surface area contributed by atoms with E-state index in [4.69, 9.17) is 4.74 Å². The highest BCUT2D eigenvalue weighted by Crippen LogP contribution is 2.30. The second kappa shape index (κ2) is 7.16. The SMILES string of the molecule is CO/N=C/OC(C=O)c1sc2nc(-c3ccc4ccccc4c3)nn2c1C. The summed E-state index contributed by atoms with van der Waals surface area (Å²) in [6, 6.07) is 14.3. The highest BCUT2D eigenvalue weighted by Gasteiger charge is 2.21. The number of rotatable bonds is 6. The number of benzene rings is 2. The number of hydrogen-bond donors (Lipinski definition) is 0. The summed E-state index contributed by atoms with van der Waals surface area (Å²) in [6.45, 7) is 1.88. The molecule has 0 N–H and O–H groups in total. The van der Waals surface area contributed by atoms with Crippen molar-refractivity contribution in [3.63, 3.8) is 0 Å². The third-order valence-electron chi connectivity index (χ3n) is 4.20. The van der Waals surface area contributed by atoms with Gasteiger partial charge in [0.2, 0.25) is 11.4 Å². The lowest BCUT2D eigenvalue weighted by Gasteiger charge is -2.07. The van der Waals surface area contributed by atoms with Crippen LogP contribution in [0.4, 0.5) is 0 Å². The molecule has 2 heterocycles. The predicted molar refractivity (Wildman–Crippen MR) is 104 cm³/mol. The number of oxime groups is 1. The lowest BCUT2D eigenvalue weighted by atomic mass is 10.1. The lowest BCUT2D eigenvalue weighted by Crippen LogP contribution is -2.05. The number of thiazole rings is 1. The molecule has 136 valence electrons. The van der Waals surface area contributed by atoms with Crippen molar-refractivity contribution >= 4 is 39.8 Å². The zero-order chi connectivity index (χ0) is 18.8. The molecule has 8 heteroatoms.